The maximum atomic E-state index is 12.3. The van der Waals surface area contributed by atoms with Crippen LogP contribution in [0.25, 0.3) is 16.9 Å². The lowest BCUT2D eigenvalue weighted by Crippen LogP contribution is -2.25. The molecular weight excluding hydrogens is 320 g/mol. The molecule has 0 spiro atoms. The average Bonchev–Trinajstić information content (AvgIpc) is 3.19. The van der Waals surface area contributed by atoms with Crippen LogP contribution in [0.2, 0.25) is 0 Å². The van der Waals surface area contributed by atoms with Crippen LogP contribution in [0.1, 0.15) is 29.5 Å². The number of carbonyl (C=O) groups is 1. The highest BCUT2D eigenvalue weighted by molar-refractivity contribution is 5.93. The number of ether oxygens (including phenoxy) is 1. The van der Waals surface area contributed by atoms with E-state index in [1.54, 1.807) is 27.7 Å². The monoisotopic (exact) mass is 342 g/mol. The summed E-state index contributed by atoms with van der Waals surface area (Å²) in [6, 6.07) is 3.56. The Morgan fingerprint density at radius 3 is 2.96 bits per heavy atom. The van der Waals surface area contributed by atoms with Crippen molar-refractivity contribution in [2.24, 2.45) is 7.05 Å². The van der Waals surface area contributed by atoms with Crippen molar-refractivity contribution >= 4 is 11.6 Å². The molecule has 0 aliphatic carbocycles. The molecule has 8 nitrogen and oxygen atoms in total. The van der Waals surface area contributed by atoms with E-state index in [1.807, 2.05) is 27.0 Å². The Bertz CT molecular complexity index is 883. The molecule has 0 aromatic carbocycles. The highest BCUT2D eigenvalue weighted by Crippen LogP contribution is 2.22. The van der Waals surface area contributed by atoms with E-state index < -0.39 is 0 Å². The molecular formula is C17H22N6O2. The van der Waals surface area contributed by atoms with E-state index >= 15 is 0 Å². The van der Waals surface area contributed by atoms with Crippen LogP contribution in [0.15, 0.2) is 24.5 Å². The summed E-state index contributed by atoms with van der Waals surface area (Å²) in [5.74, 6) is -0.212. The SMILES string of the molecule is CCOCCCNC(=O)c1cc2nccc(-c3cnn(C)c3C)n2n1. The quantitative estimate of drug-likeness (QED) is 0.659. The first-order valence-electron chi connectivity index (χ1n) is 8.31. The first-order valence-corrected chi connectivity index (χ1v) is 8.31. The highest BCUT2D eigenvalue weighted by Gasteiger charge is 2.15. The molecule has 3 aromatic rings. The summed E-state index contributed by atoms with van der Waals surface area (Å²) in [6.45, 7) is 5.80. The van der Waals surface area contributed by atoms with Crippen molar-refractivity contribution in [3.63, 3.8) is 0 Å². The number of nitrogens with zero attached hydrogens (tertiary/aromatic N) is 5. The molecule has 8 heteroatoms. The van der Waals surface area contributed by atoms with Gasteiger partial charge in [0.25, 0.3) is 5.91 Å². The van der Waals surface area contributed by atoms with Crippen molar-refractivity contribution in [1.82, 2.24) is 29.7 Å². The fourth-order valence-electron chi connectivity index (χ4n) is 2.57. The Kier molecular flexibility index (Phi) is 5.08. The largest absolute Gasteiger partial charge is 0.382 e. The third kappa shape index (κ3) is 3.53. The van der Waals surface area contributed by atoms with E-state index in [9.17, 15) is 4.79 Å². The van der Waals surface area contributed by atoms with E-state index in [-0.39, 0.29) is 5.91 Å². The lowest BCUT2D eigenvalue weighted by molar-refractivity contribution is 0.0939. The van der Waals surface area contributed by atoms with Crippen LogP contribution in [0.4, 0.5) is 0 Å². The molecule has 1 amide bonds. The molecule has 0 saturated heterocycles. The number of hydrogen-bond donors (Lipinski definition) is 1. The van der Waals surface area contributed by atoms with Crippen molar-refractivity contribution in [1.29, 1.82) is 0 Å². The fraction of sp³-hybridized carbons (Fsp3) is 0.412. The minimum Gasteiger partial charge on any atom is -0.382 e. The molecule has 0 atom stereocenters. The van der Waals surface area contributed by atoms with Crippen molar-refractivity contribution in [2.45, 2.75) is 20.3 Å². The van der Waals surface area contributed by atoms with Gasteiger partial charge < -0.3 is 10.1 Å². The van der Waals surface area contributed by atoms with E-state index in [0.717, 1.165) is 23.4 Å². The Hall–Kier alpha value is -2.74. The maximum Gasteiger partial charge on any atom is 0.271 e. The number of hydrogen-bond acceptors (Lipinski definition) is 5. The summed E-state index contributed by atoms with van der Waals surface area (Å²) < 4.78 is 8.74. The number of nitrogens with one attached hydrogen (secondary N) is 1. The second-order valence-corrected chi connectivity index (χ2v) is 5.70. The van der Waals surface area contributed by atoms with Crippen molar-refractivity contribution in [2.75, 3.05) is 19.8 Å². The number of carbonyl (C=O) groups excluding carboxylic acids is 1. The Morgan fingerprint density at radius 2 is 2.24 bits per heavy atom. The Labute approximate surface area is 145 Å². The van der Waals surface area contributed by atoms with Gasteiger partial charge in [-0.3, -0.25) is 9.48 Å². The van der Waals surface area contributed by atoms with Crippen LogP contribution in [-0.4, -0.2) is 50.0 Å². The minimum atomic E-state index is -0.212. The van der Waals surface area contributed by atoms with E-state index in [4.69, 9.17) is 4.74 Å². The lowest BCUT2D eigenvalue weighted by atomic mass is 10.2. The summed E-state index contributed by atoms with van der Waals surface area (Å²) in [4.78, 5) is 16.6. The third-order valence-corrected chi connectivity index (χ3v) is 4.06. The molecule has 3 aromatic heterocycles. The van der Waals surface area contributed by atoms with Gasteiger partial charge in [0, 0.05) is 50.3 Å². The van der Waals surface area contributed by atoms with Crippen LogP contribution >= 0.6 is 0 Å². The molecule has 132 valence electrons. The van der Waals surface area contributed by atoms with Crippen LogP contribution in [0.5, 0.6) is 0 Å². The molecule has 0 bridgehead atoms. The van der Waals surface area contributed by atoms with Gasteiger partial charge in [-0.05, 0) is 26.3 Å². The summed E-state index contributed by atoms with van der Waals surface area (Å²) >= 11 is 0. The first kappa shape index (κ1) is 17.1. The second-order valence-electron chi connectivity index (χ2n) is 5.70. The number of amides is 1. The van der Waals surface area contributed by atoms with Gasteiger partial charge in [-0.1, -0.05) is 0 Å². The van der Waals surface area contributed by atoms with Crippen LogP contribution in [0.3, 0.4) is 0 Å². The molecule has 0 saturated carbocycles. The van der Waals surface area contributed by atoms with Crippen molar-refractivity contribution < 1.29 is 9.53 Å². The number of aryl methyl sites for hydroxylation is 1. The number of fused-ring (bicyclic) bond motifs is 1. The van der Waals surface area contributed by atoms with Crippen LogP contribution in [0, 0.1) is 6.92 Å². The molecule has 3 rings (SSSR count). The van der Waals surface area contributed by atoms with Gasteiger partial charge >= 0.3 is 0 Å². The van der Waals surface area contributed by atoms with Crippen molar-refractivity contribution in [3.05, 3.63) is 35.9 Å². The molecule has 0 aliphatic rings. The predicted molar refractivity (Wildman–Crippen MR) is 93.4 cm³/mol. The molecule has 0 aliphatic heterocycles. The molecule has 1 N–H and O–H groups in total. The van der Waals surface area contributed by atoms with E-state index in [2.05, 4.69) is 20.5 Å². The van der Waals surface area contributed by atoms with E-state index in [0.29, 0.717) is 31.1 Å². The molecule has 0 fully saturated rings. The smallest absolute Gasteiger partial charge is 0.271 e. The number of rotatable bonds is 7. The maximum absolute atomic E-state index is 12.3. The standard InChI is InChI=1S/C17H22N6O2/c1-4-25-9-5-7-19-17(24)14-10-16-18-8-6-15(23(16)21-14)13-11-20-22(3)12(13)2/h6,8,10-11H,4-5,7,9H2,1-3H3,(H,19,24). The molecule has 25 heavy (non-hydrogen) atoms. The predicted octanol–water partition coefficient (Wildman–Crippen LogP) is 1.59. The molecule has 0 unspecified atom stereocenters. The van der Waals surface area contributed by atoms with Crippen LogP contribution < -0.4 is 5.32 Å². The van der Waals surface area contributed by atoms with Crippen molar-refractivity contribution in [3.8, 4) is 11.3 Å². The summed E-state index contributed by atoms with van der Waals surface area (Å²) in [6.07, 6.45) is 4.27. The van der Waals surface area contributed by atoms with Gasteiger partial charge in [0.1, 0.15) is 0 Å². The number of aromatic nitrogens is 5. The molecule has 0 radical (unpaired) electrons. The van der Waals surface area contributed by atoms with Gasteiger partial charge in [-0.2, -0.15) is 10.2 Å². The average molecular weight is 342 g/mol. The zero-order valence-electron chi connectivity index (χ0n) is 14.7. The van der Waals surface area contributed by atoms with E-state index in [1.165, 1.54) is 0 Å². The van der Waals surface area contributed by atoms with Gasteiger partial charge in [0.05, 0.1) is 11.9 Å². The van der Waals surface area contributed by atoms with Gasteiger partial charge in [0.2, 0.25) is 0 Å². The Balaban J connectivity index is 1.82. The Morgan fingerprint density at radius 1 is 1.40 bits per heavy atom. The minimum absolute atomic E-state index is 0.212. The normalized spacial score (nSPS) is 11.2. The third-order valence-electron chi connectivity index (χ3n) is 4.06. The zero-order chi connectivity index (χ0) is 17.8. The first-order chi connectivity index (χ1) is 12.1. The topological polar surface area (TPSA) is 86.3 Å². The summed E-state index contributed by atoms with van der Waals surface area (Å²) in [7, 11) is 1.89. The van der Waals surface area contributed by atoms with Crippen LogP contribution in [-0.2, 0) is 11.8 Å². The lowest BCUT2D eigenvalue weighted by Gasteiger charge is -2.04. The zero-order valence-corrected chi connectivity index (χ0v) is 14.7. The fourth-order valence-corrected chi connectivity index (χ4v) is 2.57. The molecule has 3 heterocycles. The summed E-state index contributed by atoms with van der Waals surface area (Å²) in [5, 5.41) is 11.6. The van der Waals surface area contributed by atoms with Gasteiger partial charge in [-0.25, -0.2) is 9.50 Å². The second kappa shape index (κ2) is 7.43. The summed E-state index contributed by atoms with van der Waals surface area (Å²) in [5.41, 5.74) is 3.80. The van der Waals surface area contributed by atoms with Gasteiger partial charge in [-0.15, -0.1) is 0 Å². The highest BCUT2D eigenvalue weighted by atomic mass is 16.5. The van der Waals surface area contributed by atoms with Gasteiger partial charge in [0.15, 0.2) is 11.3 Å².